The molecule has 1 aliphatic rings. The molecule has 158 valence electrons. The van der Waals surface area contributed by atoms with E-state index in [4.69, 9.17) is 9.47 Å². The van der Waals surface area contributed by atoms with E-state index in [2.05, 4.69) is 20.3 Å². The van der Waals surface area contributed by atoms with Gasteiger partial charge in [-0.15, -0.1) is 0 Å². The van der Waals surface area contributed by atoms with Crippen molar-refractivity contribution in [1.29, 1.82) is 0 Å². The number of amides is 1. The molecule has 3 aromatic rings. The second-order valence-corrected chi connectivity index (χ2v) is 7.39. The molecule has 0 radical (unpaired) electrons. The number of aromatic nitrogens is 4. The first-order valence-corrected chi connectivity index (χ1v) is 9.44. The number of carbonyl (C=O) groups is 1. The van der Waals surface area contributed by atoms with Crippen molar-refractivity contribution in [3.05, 3.63) is 41.1 Å². The van der Waals surface area contributed by atoms with Gasteiger partial charge in [-0.3, -0.25) is 4.79 Å². The van der Waals surface area contributed by atoms with E-state index in [0.29, 0.717) is 35.1 Å². The number of aliphatic hydroxyl groups is 1. The molecule has 1 fully saturated rings. The summed E-state index contributed by atoms with van der Waals surface area (Å²) in [6.07, 6.45) is 4.34. The third-order valence-corrected chi connectivity index (χ3v) is 5.13. The van der Waals surface area contributed by atoms with Crippen molar-refractivity contribution in [2.24, 2.45) is 0 Å². The molecule has 10 heteroatoms. The summed E-state index contributed by atoms with van der Waals surface area (Å²) in [6.45, 7) is 1.88. The molecule has 0 aliphatic heterocycles. The lowest BCUT2D eigenvalue weighted by Crippen LogP contribution is -2.33. The van der Waals surface area contributed by atoms with E-state index >= 15 is 0 Å². The zero-order chi connectivity index (χ0) is 21.5. The van der Waals surface area contributed by atoms with Crippen LogP contribution < -0.4 is 14.8 Å². The SMILES string of the molecule is COc1cnc2c(C(=O)NCC3(O)CC3)cn(Cc3cc(F)c(C)nc3OC)c2n1. The summed E-state index contributed by atoms with van der Waals surface area (Å²) in [6, 6.07) is 1.35. The van der Waals surface area contributed by atoms with Gasteiger partial charge in [0.2, 0.25) is 11.8 Å². The zero-order valence-corrected chi connectivity index (χ0v) is 16.9. The molecule has 30 heavy (non-hydrogen) atoms. The maximum Gasteiger partial charge on any atom is 0.255 e. The van der Waals surface area contributed by atoms with Crippen LogP contribution >= 0.6 is 0 Å². The lowest BCUT2D eigenvalue weighted by atomic mass is 10.2. The fraction of sp³-hybridized carbons (Fsp3) is 0.400. The predicted octanol–water partition coefficient (Wildman–Crippen LogP) is 1.59. The standard InChI is InChI=1S/C20H22FN5O4/c1-11-14(21)6-12(19(24-11)30-3)8-26-9-13(18(27)23-10-20(28)4-5-20)16-17(26)25-15(29-2)7-22-16/h6-7,9,28H,4-5,8,10H2,1-3H3,(H,23,27). The molecule has 1 saturated carbocycles. The number of nitrogens with zero attached hydrogens (tertiary/aromatic N) is 4. The van der Waals surface area contributed by atoms with Gasteiger partial charge in [0.25, 0.3) is 5.91 Å². The van der Waals surface area contributed by atoms with Crippen LogP contribution in [-0.4, -0.2) is 56.9 Å². The van der Waals surface area contributed by atoms with Crippen LogP contribution in [0, 0.1) is 12.7 Å². The molecule has 3 aromatic heterocycles. The summed E-state index contributed by atoms with van der Waals surface area (Å²) >= 11 is 0. The smallest absolute Gasteiger partial charge is 0.255 e. The van der Waals surface area contributed by atoms with Crippen LogP contribution in [0.15, 0.2) is 18.5 Å². The van der Waals surface area contributed by atoms with Gasteiger partial charge in [-0.25, -0.2) is 14.4 Å². The first-order chi connectivity index (χ1) is 14.3. The van der Waals surface area contributed by atoms with Crippen molar-refractivity contribution in [1.82, 2.24) is 24.8 Å². The number of fused-ring (bicyclic) bond motifs is 1. The lowest BCUT2D eigenvalue weighted by Gasteiger charge is -2.11. The minimum absolute atomic E-state index is 0.156. The largest absolute Gasteiger partial charge is 0.481 e. The summed E-state index contributed by atoms with van der Waals surface area (Å²) in [4.78, 5) is 25.6. The Hall–Kier alpha value is -3.27. The van der Waals surface area contributed by atoms with Crippen molar-refractivity contribution in [3.63, 3.8) is 0 Å². The predicted molar refractivity (Wildman–Crippen MR) is 105 cm³/mol. The Labute approximate surface area is 171 Å². The third-order valence-electron chi connectivity index (χ3n) is 5.13. The van der Waals surface area contributed by atoms with Gasteiger partial charge < -0.3 is 24.5 Å². The number of hydrogen-bond donors (Lipinski definition) is 2. The van der Waals surface area contributed by atoms with E-state index in [1.807, 2.05) is 0 Å². The first kappa shape index (κ1) is 20.0. The molecule has 0 bridgehead atoms. The number of ether oxygens (including phenoxy) is 2. The van der Waals surface area contributed by atoms with Crippen LogP contribution in [0.2, 0.25) is 0 Å². The fourth-order valence-electron chi connectivity index (χ4n) is 3.15. The molecule has 0 saturated heterocycles. The van der Waals surface area contributed by atoms with Crippen LogP contribution in [0.3, 0.4) is 0 Å². The minimum Gasteiger partial charge on any atom is -0.481 e. The van der Waals surface area contributed by atoms with Crippen LogP contribution in [-0.2, 0) is 6.54 Å². The van der Waals surface area contributed by atoms with Crippen molar-refractivity contribution < 1.29 is 23.8 Å². The Morgan fingerprint density at radius 2 is 2.10 bits per heavy atom. The zero-order valence-electron chi connectivity index (χ0n) is 16.9. The molecular formula is C20H22FN5O4. The summed E-state index contributed by atoms with van der Waals surface area (Å²) in [5.74, 6) is -0.268. The molecule has 4 rings (SSSR count). The van der Waals surface area contributed by atoms with E-state index in [0.717, 1.165) is 0 Å². The number of halogens is 1. The highest BCUT2D eigenvalue weighted by molar-refractivity contribution is 6.04. The maximum absolute atomic E-state index is 14.1. The monoisotopic (exact) mass is 415 g/mol. The molecule has 0 unspecified atom stereocenters. The number of hydrogen-bond acceptors (Lipinski definition) is 7. The Morgan fingerprint density at radius 1 is 1.33 bits per heavy atom. The quantitative estimate of drug-likeness (QED) is 0.603. The number of nitrogens with one attached hydrogen (secondary N) is 1. The van der Waals surface area contributed by atoms with Crippen molar-refractivity contribution in [2.45, 2.75) is 31.9 Å². The maximum atomic E-state index is 14.1. The average molecular weight is 415 g/mol. The minimum atomic E-state index is -0.818. The molecule has 1 aliphatic carbocycles. The van der Waals surface area contributed by atoms with Gasteiger partial charge in [0.1, 0.15) is 11.3 Å². The molecule has 0 spiro atoms. The Balaban J connectivity index is 1.73. The molecule has 0 atom stereocenters. The third kappa shape index (κ3) is 3.78. The fourth-order valence-corrected chi connectivity index (χ4v) is 3.15. The van der Waals surface area contributed by atoms with E-state index in [-0.39, 0.29) is 36.5 Å². The van der Waals surface area contributed by atoms with E-state index in [1.165, 1.54) is 26.5 Å². The van der Waals surface area contributed by atoms with Gasteiger partial charge in [-0.2, -0.15) is 4.98 Å². The van der Waals surface area contributed by atoms with Gasteiger partial charge in [0.15, 0.2) is 5.65 Å². The van der Waals surface area contributed by atoms with Gasteiger partial charge in [0.05, 0.1) is 43.8 Å². The summed E-state index contributed by atoms with van der Waals surface area (Å²) < 4.78 is 26.2. The van der Waals surface area contributed by atoms with Gasteiger partial charge in [0, 0.05) is 18.3 Å². The van der Waals surface area contributed by atoms with E-state index in [9.17, 15) is 14.3 Å². The van der Waals surface area contributed by atoms with Crippen LogP contribution in [0.1, 0.15) is 34.5 Å². The number of carbonyl (C=O) groups excluding carboxylic acids is 1. The highest BCUT2D eigenvalue weighted by atomic mass is 19.1. The second-order valence-electron chi connectivity index (χ2n) is 7.39. The Morgan fingerprint density at radius 3 is 2.77 bits per heavy atom. The number of rotatable bonds is 7. The molecular weight excluding hydrogens is 393 g/mol. The van der Waals surface area contributed by atoms with Crippen LogP contribution in [0.25, 0.3) is 11.2 Å². The summed E-state index contributed by atoms with van der Waals surface area (Å²) in [7, 11) is 2.93. The molecule has 2 N–H and O–H groups in total. The Kier molecular flexibility index (Phi) is 5.02. The lowest BCUT2D eigenvalue weighted by molar-refractivity contribution is 0.0897. The molecule has 9 nitrogen and oxygen atoms in total. The first-order valence-electron chi connectivity index (χ1n) is 9.44. The van der Waals surface area contributed by atoms with E-state index < -0.39 is 11.4 Å². The average Bonchev–Trinajstić information content (AvgIpc) is 3.38. The molecule has 3 heterocycles. The van der Waals surface area contributed by atoms with Crippen molar-refractivity contribution >= 4 is 17.1 Å². The van der Waals surface area contributed by atoms with E-state index in [1.54, 1.807) is 17.7 Å². The van der Waals surface area contributed by atoms with Crippen LogP contribution in [0.4, 0.5) is 4.39 Å². The van der Waals surface area contributed by atoms with Crippen LogP contribution in [0.5, 0.6) is 11.8 Å². The van der Waals surface area contributed by atoms with Gasteiger partial charge >= 0.3 is 0 Å². The second kappa shape index (κ2) is 7.52. The summed E-state index contributed by atoms with van der Waals surface area (Å²) in [5, 5.41) is 12.7. The van der Waals surface area contributed by atoms with Crippen molar-refractivity contribution in [3.8, 4) is 11.8 Å². The number of pyridine rings is 1. The molecule has 1 amide bonds. The topological polar surface area (TPSA) is 111 Å². The summed E-state index contributed by atoms with van der Waals surface area (Å²) in [5.41, 5.74) is 0.961. The van der Waals surface area contributed by atoms with Gasteiger partial charge in [-0.05, 0) is 25.8 Å². The Bertz CT molecular complexity index is 1130. The van der Waals surface area contributed by atoms with Crippen molar-refractivity contribution in [2.75, 3.05) is 20.8 Å². The number of methoxy groups -OCH3 is 2. The normalized spacial score (nSPS) is 14.6. The van der Waals surface area contributed by atoms with Gasteiger partial charge in [-0.1, -0.05) is 0 Å². The number of aryl methyl sites for hydroxylation is 1. The highest BCUT2D eigenvalue weighted by Crippen LogP contribution is 2.34. The molecule has 0 aromatic carbocycles. The highest BCUT2D eigenvalue weighted by Gasteiger charge is 2.40.